The molecule has 4 aromatic carbocycles. The molecule has 0 atom stereocenters. The highest BCUT2D eigenvalue weighted by molar-refractivity contribution is 5.96. The lowest BCUT2D eigenvalue weighted by Crippen LogP contribution is -2.20. The van der Waals surface area contributed by atoms with Gasteiger partial charge >= 0.3 is 0 Å². The Balaban J connectivity index is 0.000000287. The maximum atomic E-state index is 12.6. The smallest absolute Gasteiger partial charge is 0.231 e. The summed E-state index contributed by atoms with van der Waals surface area (Å²) in [5.41, 5.74) is 5.90. The van der Waals surface area contributed by atoms with E-state index in [9.17, 15) is 19.2 Å². The van der Waals surface area contributed by atoms with Crippen molar-refractivity contribution in [2.75, 3.05) is 6.79 Å². The molecule has 63 heavy (non-hydrogen) atoms. The number of Topliss-reactive ketones (excluding diaryl/α,β-unsaturated/α-hetero) is 4. The lowest BCUT2D eigenvalue weighted by Gasteiger charge is -2.15. The molecule has 0 N–H and O–H groups in total. The highest BCUT2D eigenvalue weighted by atomic mass is 16.7. The van der Waals surface area contributed by atoms with Crippen molar-refractivity contribution in [2.24, 2.45) is 0 Å². The summed E-state index contributed by atoms with van der Waals surface area (Å²) in [6.07, 6.45) is 19.5. The van der Waals surface area contributed by atoms with Crippen LogP contribution in [0, 0.1) is 0 Å². The summed E-state index contributed by atoms with van der Waals surface area (Å²) >= 11 is 0. The van der Waals surface area contributed by atoms with E-state index in [2.05, 4.69) is 36.4 Å². The minimum absolute atomic E-state index is 0.121. The van der Waals surface area contributed by atoms with Crippen LogP contribution in [0.2, 0.25) is 0 Å². The average Bonchev–Trinajstić information content (AvgIpc) is 4.13. The molecule has 2 saturated carbocycles. The van der Waals surface area contributed by atoms with Crippen molar-refractivity contribution in [3.63, 3.8) is 0 Å². The molecule has 0 radical (unpaired) electrons. The van der Waals surface area contributed by atoms with Gasteiger partial charge in [-0.05, 0) is 75.6 Å². The molecule has 0 saturated heterocycles. The molecule has 6 nitrogen and oxygen atoms in total. The lowest BCUT2D eigenvalue weighted by molar-refractivity contribution is -0.121. The minimum Gasteiger partial charge on any atom is -0.454 e. The molecule has 0 aromatic heterocycles. The number of ether oxygens (including phenoxy) is 2. The summed E-state index contributed by atoms with van der Waals surface area (Å²) < 4.78 is 10.8. The van der Waals surface area contributed by atoms with Crippen molar-refractivity contribution in [1.29, 1.82) is 0 Å². The zero-order valence-electron chi connectivity index (χ0n) is 39.7. The second-order valence-corrected chi connectivity index (χ2v) is 14.6. The van der Waals surface area contributed by atoms with Gasteiger partial charge in [0.25, 0.3) is 0 Å². The lowest BCUT2D eigenvalue weighted by atomic mass is 9.87. The van der Waals surface area contributed by atoms with E-state index in [0.29, 0.717) is 24.4 Å². The SMILES string of the molecule is CC.CC.CC.CC.CC(=O)c1ccccc1.CC(=O)c1ccccc1.O=C(CC1=CC=CC1)C1(c2ccc3c(c2)OCO3)CC1.O=C(CC1=CC=CC1)C1(c2ccccc2)CC1. The number of benzene rings is 4. The predicted octanol–water partition coefficient (Wildman–Crippen LogP) is 14.7. The van der Waals surface area contributed by atoms with Crippen molar-refractivity contribution >= 4 is 23.1 Å². The topological polar surface area (TPSA) is 86.7 Å². The molecule has 0 unspecified atom stereocenters. The van der Waals surface area contributed by atoms with Crippen LogP contribution in [0.4, 0.5) is 0 Å². The minimum atomic E-state index is -0.273. The molecule has 1 heterocycles. The fourth-order valence-corrected chi connectivity index (χ4v) is 7.00. The van der Waals surface area contributed by atoms with Crippen LogP contribution < -0.4 is 9.47 Å². The van der Waals surface area contributed by atoms with Crippen LogP contribution in [0.5, 0.6) is 11.5 Å². The van der Waals surface area contributed by atoms with Gasteiger partial charge in [0, 0.05) is 24.0 Å². The van der Waals surface area contributed by atoms with E-state index >= 15 is 0 Å². The molecule has 5 aliphatic rings. The van der Waals surface area contributed by atoms with Gasteiger partial charge in [-0.2, -0.15) is 0 Å². The molecular formula is C57H72O6. The predicted molar refractivity (Wildman–Crippen MR) is 262 cm³/mol. The first-order chi connectivity index (χ1) is 30.7. The molecule has 1 aliphatic heterocycles. The van der Waals surface area contributed by atoms with E-state index in [-0.39, 0.29) is 29.2 Å². The largest absolute Gasteiger partial charge is 0.454 e. The van der Waals surface area contributed by atoms with Crippen LogP contribution in [0.1, 0.15) is 152 Å². The number of hydrogen-bond donors (Lipinski definition) is 0. The maximum absolute atomic E-state index is 12.6. The Morgan fingerprint density at radius 3 is 1.21 bits per heavy atom. The normalized spacial score (nSPS) is 15.0. The van der Waals surface area contributed by atoms with Gasteiger partial charge in [-0.25, -0.2) is 0 Å². The molecule has 6 heteroatoms. The standard InChI is InChI=1S/C17H16O3.C16H16O.2C8H8O.4C2H6/c18-16(9-12-3-1-2-4-12)17(7-8-17)13-5-6-14-15(10-13)20-11-19-14;17-15(12-13-6-4-5-7-13)16(10-11-16)14-8-2-1-3-9-14;2*1-7(9)8-5-3-2-4-6-8;4*1-2/h1-3,5-6,10H,4,7-9,11H2;1-6,8-9H,7,10-12H2;2*2-6H,1H3;4*1-2H3. The summed E-state index contributed by atoms with van der Waals surface area (Å²) in [5, 5.41) is 0. The van der Waals surface area contributed by atoms with Gasteiger partial charge in [0.05, 0.1) is 10.8 Å². The number of carbonyl (C=O) groups is 4. The van der Waals surface area contributed by atoms with Crippen molar-refractivity contribution in [3.8, 4) is 11.5 Å². The van der Waals surface area contributed by atoms with Crippen molar-refractivity contribution in [2.45, 2.75) is 131 Å². The van der Waals surface area contributed by atoms with Crippen molar-refractivity contribution in [1.82, 2.24) is 0 Å². The zero-order valence-corrected chi connectivity index (χ0v) is 39.7. The highest BCUT2D eigenvalue weighted by Crippen LogP contribution is 2.52. The maximum Gasteiger partial charge on any atom is 0.231 e. The van der Waals surface area contributed by atoms with Crippen LogP contribution in [0.25, 0.3) is 0 Å². The Labute approximate surface area is 379 Å². The quantitative estimate of drug-likeness (QED) is 0.148. The van der Waals surface area contributed by atoms with E-state index in [4.69, 9.17) is 9.47 Å². The summed E-state index contributed by atoms with van der Waals surface area (Å²) in [4.78, 5) is 46.3. The van der Waals surface area contributed by atoms with Gasteiger partial charge in [-0.1, -0.05) is 200 Å². The Hall–Kier alpha value is -5.88. The third-order valence-electron chi connectivity index (χ3n) is 10.7. The summed E-state index contributed by atoms with van der Waals surface area (Å²) in [7, 11) is 0. The third kappa shape index (κ3) is 16.1. The first-order valence-electron chi connectivity index (χ1n) is 23.0. The second-order valence-electron chi connectivity index (χ2n) is 14.6. The Bertz CT molecular complexity index is 2070. The monoisotopic (exact) mass is 853 g/mol. The molecular weight excluding hydrogens is 781 g/mol. The first-order valence-corrected chi connectivity index (χ1v) is 23.0. The Morgan fingerprint density at radius 2 is 0.857 bits per heavy atom. The molecule has 9 rings (SSSR count). The van der Waals surface area contributed by atoms with Gasteiger partial charge in [-0.3, -0.25) is 19.2 Å². The molecule has 0 spiro atoms. The fourth-order valence-electron chi connectivity index (χ4n) is 7.00. The average molecular weight is 853 g/mol. The highest BCUT2D eigenvalue weighted by Gasteiger charge is 2.51. The Morgan fingerprint density at radius 1 is 0.476 bits per heavy atom. The number of fused-ring (bicyclic) bond motifs is 1. The first kappa shape index (κ1) is 53.3. The molecule has 4 aliphatic carbocycles. The number of carbonyl (C=O) groups excluding carboxylic acids is 4. The molecule has 2 fully saturated rings. The van der Waals surface area contributed by atoms with Gasteiger partial charge in [0.1, 0.15) is 11.6 Å². The number of ketones is 4. The van der Waals surface area contributed by atoms with Crippen molar-refractivity contribution < 1.29 is 28.7 Å². The van der Waals surface area contributed by atoms with Crippen molar-refractivity contribution in [3.05, 3.63) is 179 Å². The van der Waals surface area contributed by atoms with E-state index in [0.717, 1.165) is 66.7 Å². The fraction of sp³-hybridized carbons (Fsp3) is 0.368. The summed E-state index contributed by atoms with van der Waals surface area (Å²) in [6, 6.07) is 34.6. The van der Waals surface area contributed by atoms with E-state index < -0.39 is 0 Å². The zero-order chi connectivity index (χ0) is 46.7. The molecule has 0 amide bonds. The van der Waals surface area contributed by atoms with Gasteiger partial charge < -0.3 is 9.47 Å². The van der Waals surface area contributed by atoms with Crippen LogP contribution in [-0.4, -0.2) is 29.9 Å². The van der Waals surface area contributed by atoms with E-state index in [1.165, 1.54) is 16.7 Å². The number of allylic oxidation sites excluding steroid dienone is 8. The number of hydrogen-bond acceptors (Lipinski definition) is 6. The van der Waals surface area contributed by atoms with Crippen LogP contribution in [0.3, 0.4) is 0 Å². The van der Waals surface area contributed by atoms with E-state index in [1.807, 2.05) is 165 Å². The molecule has 4 aromatic rings. The van der Waals surface area contributed by atoms with Crippen LogP contribution in [-0.2, 0) is 20.4 Å². The Kier molecular flexibility index (Phi) is 24.2. The van der Waals surface area contributed by atoms with Gasteiger partial charge in [0.15, 0.2) is 23.1 Å². The summed E-state index contributed by atoms with van der Waals surface area (Å²) in [6.45, 7) is 19.4. The second kappa shape index (κ2) is 28.7. The van der Waals surface area contributed by atoms with E-state index in [1.54, 1.807) is 13.8 Å². The van der Waals surface area contributed by atoms with Gasteiger partial charge in [-0.15, -0.1) is 0 Å². The van der Waals surface area contributed by atoms with Crippen LogP contribution >= 0.6 is 0 Å². The molecule has 0 bridgehead atoms. The molecule has 336 valence electrons. The number of rotatable bonds is 10. The third-order valence-corrected chi connectivity index (χ3v) is 10.7. The van der Waals surface area contributed by atoms with Gasteiger partial charge in [0.2, 0.25) is 6.79 Å². The van der Waals surface area contributed by atoms with Crippen LogP contribution in [0.15, 0.2) is 157 Å². The summed E-state index contributed by atoms with van der Waals surface area (Å²) in [5.74, 6) is 2.53.